The van der Waals surface area contributed by atoms with E-state index >= 15 is 0 Å². The summed E-state index contributed by atoms with van der Waals surface area (Å²) < 4.78 is 41.2. The lowest BCUT2D eigenvalue weighted by molar-refractivity contribution is -0.140. The number of nitrogens with one attached hydrogen (secondary N) is 1. The number of sulfonamides is 1. The third kappa shape index (κ3) is 8.68. The van der Waals surface area contributed by atoms with Gasteiger partial charge in [0.25, 0.3) is 0 Å². The lowest BCUT2D eigenvalue weighted by atomic mass is 10.0. The maximum Gasteiger partial charge on any atom is 0.244 e. The summed E-state index contributed by atoms with van der Waals surface area (Å²) in [4.78, 5) is 28.6. The second kappa shape index (κ2) is 13.3. The van der Waals surface area contributed by atoms with Crippen LogP contribution in [0.2, 0.25) is 10.0 Å². The number of carbonyl (C=O) groups is 2. The maximum absolute atomic E-state index is 14.7. The minimum Gasteiger partial charge on any atom is -0.352 e. The summed E-state index contributed by atoms with van der Waals surface area (Å²) >= 11 is 12.2. The smallest absolute Gasteiger partial charge is 0.244 e. The summed E-state index contributed by atoms with van der Waals surface area (Å²) in [5.41, 5.74) is 1.03. The van der Waals surface area contributed by atoms with Crippen LogP contribution in [0.25, 0.3) is 0 Å². The Morgan fingerprint density at radius 3 is 2.10 bits per heavy atom. The molecule has 0 radical (unpaired) electrons. The van der Waals surface area contributed by atoms with Crippen LogP contribution in [0.4, 0.5) is 10.1 Å². The zero-order chi connectivity index (χ0) is 28.7. The third-order valence-electron chi connectivity index (χ3n) is 5.82. The molecule has 208 valence electrons. The average Bonchev–Trinajstić information content (AvgIpc) is 2.84. The van der Waals surface area contributed by atoms with Crippen LogP contribution in [0.1, 0.15) is 25.0 Å². The molecule has 0 bridgehead atoms. The highest BCUT2D eigenvalue weighted by Crippen LogP contribution is 2.27. The van der Waals surface area contributed by atoms with Crippen LogP contribution in [0, 0.1) is 5.82 Å². The summed E-state index contributed by atoms with van der Waals surface area (Å²) in [5.74, 6) is -1.71. The number of benzene rings is 3. The van der Waals surface area contributed by atoms with E-state index < -0.39 is 40.2 Å². The van der Waals surface area contributed by atoms with Crippen LogP contribution in [0.15, 0.2) is 72.8 Å². The second-order valence-electron chi connectivity index (χ2n) is 9.38. The number of amides is 2. The minimum absolute atomic E-state index is 0.0837. The van der Waals surface area contributed by atoms with Crippen LogP contribution < -0.4 is 9.62 Å². The van der Waals surface area contributed by atoms with Gasteiger partial charge in [-0.2, -0.15) is 0 Å². The zero-order valence-electron chi connectivity index (χ0n) is 21.8. The second-order valence-corrected chi connectivity index (χ2v) is 12.2. The van der Waals surface area contributed by atoms with Crippen molar-refractivity contribution in [2.24, 2.45) is 0 Å². The van der Waals surface area contributed by atoms with Crippen LogP contribution in [-0.4, -0.2) is 50.0 Å². The molecule has 0 aliphatic heterocycles. The van der Waals surface area contributed by atoms with Gasteiger partial charge in [-0.1, -0.05) is 71.7 Å². The first kappa shape index (κ1) is 30.4. The van der Waals surface area contributed by atoms with Crippen LogP contribution in [-0.2, 0) is 32.6 Å². The highest BCUT2D eigenvalue weighted by molar-refractivity contribution is 7.92. The van der Waals surface area contributed by atoms with Crippen molar-refractivity contribution in [3.05, 3.63) is 99.8 Å². The first-order valence-corrected chi connectivity index (χ1v) is 14.8. The topological polar surface area (TPSA) is 86.8 Å². The molecule has 0 saturated carbocycles. The lowest BCUT2D eigenvalue weighted by Crippen LogP contribution is -2.54. The summed E-state index contributed by atoms with van der Waals surface area (Å²) in [5, 5.41) is 3.20. The molecule has 1 N–H and O–H groups in total. The summed E-state index contributed by atoms with van der Waals surface area (Å²) in [6, 6.07) is 17.9. The molecule has 2 amide bonds. The Labute approximate surface area is 238 Å². The standard InChI is InChI=1S/C28H30Cl2FN3O4S/c1-19(2)32-28(36)26(13-20-9-5-4-6-10-20)33(17-21-11-7-8-12-25(21)31)27(35)18-34(39(3,37)38)24-15-22(29)14-23(30)16-24/h4-12,14-16,19,26H,13,17-18H2,1-3H3,(H,32,36)/t26-/m0/s1. The molecule has 7 nitrogen and oxygen atoms in total. The molecular weight excluding hydrogens is 564 g/mol. The Morgan fingerprint density at radius 1 is 0.949 bits per heavy atom. The monoisotopic (exact) mass is 593 g/mol. The summed E-state index contributed by atoms with van der Waals surface area (Å²) in [6.07, 6.45) is 1.07. The van der Waals surface area contributed by atoms with E-state index in [2.05, 4.69) is 5.32 Å². The van der Waals surface area contributed by atoms with E-state index in [9.17, 15) is 22.4 Å². The van der Waals surface area contributed by atoms with Crippen molar-refractivity contribution in [3.63, 3.8) is 0 Å². The third-order valence-corrected chi connectivity index (χ3v) is 7.39. The predicted octanol–water partition coefficient (Wildman–Crippen LogP) is 5.06. The molecule has 11 heteroatoms. The van der Waals surface area contributed by atoms with Gasteiger partial charge in [0.2, 0.25) is 21.8 Å². The number of anilines is 1. The Balaban J connectivity index is 2.08. The van der Waals surface area contributed by atoms with Gasteiger partial charge in [-0.3, -0.25) is 13.9 Å². The van der Waals surface area contributed by atoms with Crippen molar-refractivity contribution >= 4 is 50.7 Å². The number of nitrogens with zero attached hydrogens (tertiary/aromatic N) is 2. The first-order valence-electron chi connectivity index (χ1n) is 12.2. The van der Waals surface area contributed by atoms with E-state index in [-0.39, 0.29) is 40.3 Å². The van der Waals surface area contributed by atoms with Gasteiger partial charge < -0.3 is 10.2 Å². The molecule has 0 heterocycles. The van der Waals surface area contributed by atoms with E-state index in [1.54, 1.807) is 19.9 Å². The average molecular weight is 595 g/mol. The molecule has 0 fully saturated rings. The van der Waals surface area contributed by atoms with Gasteiger partial charge in [0, 0.05) is 34.6 Å². The van der Waals surface area contributed by atoms with Crippen molar-refractivity contribution < 1.29 is 22.4 Å². The molecule has 3 aromatic carbocycles. The van der Waals surface area contributed by atoms with Crippen molar-refractivity contribution in [1.29, 1.82) is 0 Å². The molecule has 0 aliphatic rings. The molecule has 0 aliphatic carbocycles. The van der Waals surface area contributed by atoms with E-state index in [4.69, 9.17) is 23.2 Å². The molecular formula is C28H30Cl2FN3O4S. The quantitative estimate of drug-likeness (QED) is 0.336. The fraction of sp³-hybridized carbons (Fsp3) is 0.286. The number of carbonyl (C=O) groups excluding carboxylic acids is 2. The summed E-state index contributed by atoms with van der Waals surface area (Å²) in [6.45, 7) is 2.65. The molecule has 1 atom stereocenters. The van der Waals surface area contributed by atoms with Crippen LogP contribution >= 0.6 is 23.2 Å². The van der Waals surface area contributed by atoms with E-state index in [1.165, 1.54) is 41.3 Å². The molecule has 0 saturated heterocycles. The van der Waals surface area contributed by atoms with Crippen LogP contribution in [0.3, 0.4) is 0 Å². The van der Waals surface area contributed by atoms with Crippen molar-refractivity contribution in [2.45, 2.75) is 38.9 Å². The van der Waals surface area contributed by atoms with Crippen molar-refractivity contribution in [3.8, 4) is 0 Å². The Morgan fingerprint density at radius 2 is 1.54 bits per heavy atom. The van der Waals surface area contributed by atoms with Crippen molar-refractivity contribution in [2.75, 3.05) is 17.1 Å². The van der Waals surface area contributed by atoms with E-state index in [1.807, 2.05) is 30.3 Å². The largest absolute Gasteiger partial charge is 0.352 e. The van der Waals surface area contributed by atoms with Gasteiger partial charge in [0.05, 0.1) is 11.9 Å². The molecule has 3 rings (SSSR count). The lowest BCUT2D eigenvalue weighted by Gasteiger charge is -2.34. The Kier molecular flexibility index (Phi) is 10.4. The fourth-order valence-corrected chi connectivity index (χ4v) is 5.39. The van der Waals surface area contributed by atoms with Gasteiger partial charge in [-0.15, -0.1) is 0 Å². The molecule has 0 unspecified atom stereocenters. The van der Waals surface area contributed by atoms with Crippen molar-refractivity contribution in [1.82, 2.24) is 10.2 Å². The molecule has 0 aromatic heterocycles. The van der Waals surface area contributed by atoms with Gasteiger partial charge in [0.1, 0.15) is 18.4 Å². The normalized spacial score (nSPS) is 12.2. The Hall–Kier alpha value is -3.14. The minimum atomic E-state index is -3.99. The molecule has 39 heavy (non-hydrogen) atoms. The predicted molar refractivity (Wildman–Crippen MR) is 153 cm³/mol. The van der Waals surface area contributed by atoms with Crippen LogP contribution in [0.5, 0.6) is 0 Å². The first-order chi connectivity index (χ1) is 18.3. The highest BCUT2D eigenvalue weighted by Gasteiger charge is 2.33. The highest BCUT2D eigenvalue weighted by atomic mass is 35.5. The molecule has 0 spiro atoms. The van der Waals surface area contributed by atoms with Gasteiger partial charge in [-0.05, 0) is 43.7 Å². The number of rotatable bonds is 11. The van der Waals surface area contributed by atoms with Gasteiger partial charge >= 0.3 is 0 Å². The SMILES string of the molecule is CC(C)NC(=O)[C@H](Cc1ccccc1)N(Cc1ccccc1F)C(=O)CN(c1cc(Cl)cc(Cl)c1)S(C)(=O)=O. The molecule has 3 aromatic rings. The van der Waals surface area contributed by atoms with E-state index in [0.29, 0.717) is 0 Å². The Bertz CT molecular complexity index is 1400. The van der Waals surface area contributed by atoms with Gasteiger partial charge in [0.15, 0.2) is 0 Å². The zero-order valence-corrected chi connectivity index (χ0v) is 24.1. The number of hydrogen-bond acceptors (Lipinski definition) is 4. The number of halogens is 3. The fourth-order valence-electron chi connectivity index (χ4n) is 4.04. The maximum atomic E-state index is 14.7. The number of hydrogen-bond donors (Lipinski definition) is 1. The van der Waals surface area contributed by atoms with E-state index in [0.717, 1.165) is 16.1 Å². The summed E-state index contributed by atoms with van der Waals surface area (Å²) in [7, 11) is -3.99. The van der Waals surface area contributed by atoms with Gasteiger partial charge in [-0.25, -0.2) is 12.8 Å².